The highest BCUT2D eigenvalue weighted by atomic mass is 35.5. The van der Waals surface area contributed by atoms with Gasteiger partial charge in [0.1, 0.15) is 36.3 Å². The predicted molar refractivity (Wildman–Crippen MR) is 253 cm³/mol. The summed E-state index contributed by atoms with van der Waals surface area (Å²) in [5.41, 5.74) is 8.83. The molecule has 2 amide bonds. The number of nitro groups is 1. The van der Waals surface area contributed by atoms with Crippen molar-refractivity contribution in [2.24, 2.45) is 0 Å². The van der Waals surface area contributed by atoms with E-state index >= 15 is 0 Å². The number of halogens is 4. The van der Waals surface area contributed by atoms with Gasteiger partial charge in [-0.25, -0.2) is 8.78 Å². The van der Waals surface area contributed by atoms with Crippen molar-refractivity contribution >= 4 is 70.5 Å². The Morgan fingerprint density at radius 2 is 1.10 bits per heavy atom. The van der Waals surface area contributed by atoms with Crippen LogP contribution in [0.4, 0.5) is 20.2 Å². The minimum atomic E-state index is -0.590. The summed E-state index contributed by atoms with van der Waals surface area (Å²) in [4.78, 5) is 67.1. The zero-order chi connectivity index (χ0) is 49.5. The van der Waals surface area contributed by atoms with Crippen molar-refractivity contribution in [2.45, 2.75) is 39.0 Å². The molecule has 362 valence electrons. The lowest BCUT2D eigenvalue weighted by Crippen LogP contribution is -2.56. The average molecular weight is 982 g/mol. The molecule has 2 atom stereocenters. The Kier molecular flexibility index (Phi) is 19.2. The average Bonchev–Trinajstić information content (AvgIpc) is 3.31. The number of ether oxygens (including phenoxy) is 4. The molecule has 4 aromatic carbocycles. The molecule has 6 rings (SSSR count). The van der Waals surface area contributed by atoms with Crippen LogP contribution in [0, 0.1) is 21.7 Å². The van der Waals surface area contributed by atoms with Gasteiger partial charge < -0.3 is 34.5 Å². The molecule has 0 spiro atoms. The highest BCUT2D eigenvalue weighted by molar-refractivity contribution is 6.32. The number of rotatable bonds is 15. The van der Waals surface area contributed by atoms with Crippen LogP contribution >= 0.6 is 23.2 Å². The maximum absolute atomic E-state index is 13.2. The first kappa shape index (κ1) is 52.4. The fourth-order valence-corrected chi connectivity index (χ4v) is 8.01. The molecule has 68 heavy (non-hydrogen) atoms. The largest absolute Gasteiger partial charge is 0.495 e. The van der Waals surface area contributed by atoms with Gasteiger partial charge in [-0.1, -0.05) is 47.5 Å². The number of nitrogens with zero attached hydrogens (tertiary/aromatic N) is 5. The van der Waals surface area contributed by atoms with Crippen LogP contribution in [0.5, 0.6) is 11.5 Å². The van der Waals surface area contributed by atoms with E-state index in [1.807, 2.05) is 0 Å². The van der Waals surface area contributed by atoms with Gasteiger partial charge in [0.05, 0.1) is 46.8 Å². The number of piperazine rings is 2. The molecular formula is C48H52Cl2F2N6O10. The van der Waals surface area contributed by atoms with Gasteiger partial charge in [-0.3, -0.25) is 39.1 Å². The highest BCUT2D eigenvalue weighted by Gasteiger charge is 2.32. The van der Waals surface area contributed by atoms with Crippen molar-refractivity contribution in [3.05, 3.63) is 139 Å². The van der Waals surface area contributed by atoms with Gasteiger partial charge >= 0.3 is 11.9 Å². The van der Waals surface area contributed by atoms with E-state index in [0.717, 1.165) is 11.1 Å². The first-order valence-electron chi connectivity index (χ1n) is 21.3. The summed E-state index contributed by atoms with van der Waals surface area (Å²) in [6, 6.07) is 17.5. The van der Waals surface area contributed by atoms with Crippen molar-refractivity contribution in [3.8, 4) is 11.5 Å². The van der Waals surface area contributed by atoms with Gasteiger partial charge in [0.2, 0.25) is 11.8 Å². The number of esters is 2. The monoisotopic (exact) mass is 980 g/mol. The SMILES string of the molecule is COc1cc(/C=C/C(=O)N2CCN(Cc3ccc(F)cc3)C[C@H]2COC(C)=O)c(N)cc1Cl.COc1cc(/C=C/C(=O)N2CCN(Cc3ccc(F)cc3)C[C@H]2COC(C)=O)c([N+](=O)[O-])cc1Cl. The summed E-state index contributed by atoms with van der Waals surface area (Å²) >= 11 is 12.1. The summed E-state index contributed by atoms with van der Waals surface area (Å²) < 4.78 is 47.1. The first-order valence-corrected chi connectivity index (χ1v) is 22.0. The smallest absolute Gasteiger partial charge is 0.302 e. The Balaban J connectivity index is 0.000000255. The number of anilines is 1. The summed E-state index contributed by atoms with van der Waals surface area (Å²) in [5.74, 6) is -1.38. The van der Waals surface area contributed by atoms with Gasteiger partial charge in [-0.2, -0.15) is 0 Å². The van der Waals surface area contributed by atoms with E-state index < -0.39 is 22.9 Å². The van der Waals surface area contributed by atoms with E-state index in [1.54, 1.807) is 52.3 Å². The summed E-state index contributed by atoms with van der Waals surface area (Å²) in [6.07, 6.45) is 5.64. The molecule has 2 saturated heterocycles. The Bertz CT molecular complexity index is 2500. The van der Waals surface area contributed by atoms with Crippen LogP contribution < -0.4 is 15.2 Å². The van der Waals surface area contributed by atoms with Crippen molar-refractivity contribution in [1.29, 1.82) is 0 Å². The van der Waals surface area contributed by atoms with Gasteiger partial charge in [0.15, 0.2) is 0 Å². The number of nitrogen functional groups attached to an aromatic ring is 1. The summed E-state index contributed by atoms with van der Waals surface area (Å²) in [5, 5.41) is 11.9. The number of nitrogens with two attached hydrogens (primary N) is 1. The number of carbonyl (C=O) groups is 4. The molecular weight excluding hydrogens is 929 g/mol. The molecule has 0 bridgehead atoms. The van der Waals surface area contributed by atoms with Crippen molar-refractivity contribution in [3.63, 3.8) is 0 Å². The van der Waals surface area contributed by atoms with E-state index in [4.69, 9.17) is 47.9 Å². The lowest BCUT2D eigenvalue weighted by Gasteiger charge is -2.40. The number of amides is 2. The number of methoxy groups -OCH3 is 2. The second-order valence-corrected chi connectivity index (χ2v) is 16.6. The molecule has 2 aliphatic heterocycles. The minimum absolute atomic E-state index is 0.00372. The molecule has 20 heteroatoms. The Labute approximate surface area is 402 Å². The summed E-state index contributed by atoms with van der Waals surface area (Å²) in [7, 11) is 2.89. The normalized spacial score (nSPS) is 16.5. The van der Waals surface area contributed by atoms with E-state index in [0.29, 0.717) is 74.4 Å². The molecule has 0 unspecified atom stereocenters. The van der Waals surface area contributed by atoms with E-state index in [-0.39, 0.29) is 64.7 Å². The molecule has 16 nitrogen and oxygen atoms in total. The molecule has 0 radical (unpaired) electrons. The summed E-state index contributed by atoms with van der Waals surface area (Å²) in [6.45, 7) is 6.79. The fraction of sp³-hybridized carbons (Fsp3) is 0.333. The third-order valence-corrected chi connectivity index (χ3v) is 11.6. The van der Waals surface area contributed by atoms with Crippen LogP contribution in [0.2, 0.25) is 10.0 Å². The van der Waals surface area contributed by atoms with E-state index in [9.17, 15) is 38.1 Å². The third-order valence-electron chi connectivity index (χ3n) is 11.0. The molecule has 0 aromatic heterocycles. The second-order valence-electron chi connectivity index (χ2n) is 15.8. The van der Waals surface area contributed by atoms with Gasteiger partial charge in [0.25, 0.3) is 5.69 Å². The fourth-order valence-electron chi connectivity index (χ4n) is 7.52. The van der Waals surface area contributed by atoms with Crippen LogP contribution in [0.15, 0.2) is 84.9 Å². The van der Waals surface area contributed by atoms with Crippen LogP contribution in [-0.4, -0.2) is 127 Å². The zero-order valence-electron chi connectivity index (χ0n) is 37.9. The number of hydrogen-bond acceptors (Lipinski definition) is 13. The number of carbonyl (C=O) groups excluding carboxylic acids is 4. The maximum Gasteiger partial charge on any atom is 0.302 e. The molecule has 2 heterocycles. The third kappa shape index (κ3) is 15.2. The molecule has 2 fully saturated rings. The molecule has 4 aromatic rings. The first-order chi connectivity index (χ1) is 32.4. The highest BCUT2D eigenvalue weighted by Crippen LogP contribution is 2.33. The minimum Gasteiger partial charge on any atom is -0.495 e. The quantitative estimate of drug-likeness (QED) is 0.0421. The molecule has 0 saturated carbocycles. The maximum atomic E-state index is 13.2. The van der Waals surface area contributed by atoms with Gasteiger partial charge in [0, 0.05) is 95.7 Å². The van der Waals surface area contributed by atoms with Crippen molar-refractivity contribution in [2.75, 3.05) is 72.4 Å². The number of benzene rings is 4. The number of hydrogen-bond donors (Lipinski definition) is 1. The Morgan fingerprint density at radius 3 is 1.51 bits per heavy atom. The van der Waals surface area contributed by atoms with E-state index in [1.165, 1.54) is 82.7 Å². The zero-order valence-corrected chi connectivity index (χ0v) is 39.4. The predicted octanol–water partition coefficient (Wildman–Crippen LogP) is 7.04. The van der Waals surface area contributed by atoms with Crippen LogP contribution in [0.25, 0.3) is 12.2 Å². The van der Waals surface area contributed by atoms with Crippen molar-refractivity contribution < 1.29 is 51.8 Å². The standard InChI is InChI=1S/C24H25ClFN3O6.C24H27ClFN3O4/c1-16(30)35-15-20-14-27(13-17-3-6-19(26)7-4-17)9-10-28(20)24(31)8-5-18-11-23(34-2)21(25)12-22(18)29(32)33;1-16(30)33-15-20-14-28(13-17-3-6-19(26)7-4-17)9-10-29(20)24(31)8-5-18-11-23(32-2)21(25)12-22(18)27/h3-8,11-12,20H,9-10,13-15H2,1-2H3;3-8,11-12,20H,9-10,13-15,27H2,1-2H3/b2*8-5+/t2*20-/m00/s1. The Hall–Kier alpha value is -6.60. The van der Waals surface area contributed by atoms with Crippen LogP contribution in [-0.2, 0) is 41.7 Å². The van der Waals surface area contributed by atoms with Gasteiger partial charge in [-0.05, 0) is 65.7 Å². The Morgan fingerprint density at radius 1 is 0.691 bits per heavy atom. The lowest BCUT2D eigenvalue weighted by atomic mass is 10.1. The van der Waals surface area contributed by atoms with Crippen molar-refractivity contribution in [1.82, 2.24) is 19.6 Å². The van der Waals surface area contributed by atoms with Gasteiger partial charge in [-0.15, -0.1) is 0 Å². The molecule has 0 aliphatic carbocycles. The van der Waals surface area contributed by atoms with Crippen LogP contribution in [0.1, 0.15) is 36.1 Å². The second kappa shape index (κ2) is 25.0. The van der Waals surface area contributed by atoms with E-state index in [2.05, 4.69) is 9.80 Å². The molecule has 2 N–H and O–H groups in total. The number of nitro benzene ring substituents is 1. The topological polar surface area (TPSA) is 187 Å². The molecule has 2 aliphatic rings. The van der Waals surface area contributed by atoms with Crippen LogP contribution in [0.3, 0.4) is 0 Å². The lowest BCUT2D eigenvalue weighted by molar-refractivity contribution is -0.385.